The third-order valence-corrected chi connectivity index (χ3v) is 4.00. The van der Waals surface area contributed by atoms with Gasteiger partial charge in [-0.05, 0) is 31.0 Å². The number of nitrogens with one attached hydrogen (secondary N) is 1. The van der Waals surface area contributed by atoms with Crippen LogP contribution in [0.5, 0.6) is 5.75 Å². The molecule has 0 saturated carbocycles. The van der Waals surface area contributed by atoms with E-state index >= 15 is 0 Å². The first-order valence-corrected chi connectivity index (χ1v) is 7.73. The first kappa shape index (κ1) is 16.3. The zero-order valence-electron chi connectivity index (χ0n) is 13.0. The lowest BCUT2D eigenvalue weighted by atomic mass is 10.1. The SMILES string of the molecule is O=C(CN1C(=O)COc2cc(C(=O)O)ccc21)NC[C@H]1CCCO1. The maximum atomic E-state index is 12.1. The molecule has 0 unspecified atom stereocenters. The summed E-state index contributed by atoms with van der Waals surface area (Å²) in [6.07, 6.45) is 1.93. The van der Waals surface area contributed by atoms with Crippen molar-refractivity contribution in [3.8, 4) is 5.75 Å². The van der Waals surface area contributed by atoms with E-state index < -0.39 is 5.97 Å². The minimum atomic E-state index is -1.08. The number of hydrogen-bond acceptors (Lipinski definition) is 5. The highest BCUT2D eigenvalue weighted by Crippen LogP contribution is 2.32. The van der Waals surface area contributed by atoms with Crippen LogP contribution in [0.15, 0.2) is 18.2 Å². The fourth-order valence-corrected chi connectivity index (χ4v) is 2.74. The first-order chi connectivity index (χ1) is 11.5. The number of hydrogen-bond donors (Lipinski definition) is 2. The molecule has 8 heteroatoms. The second kappa shape index (κ2) is 6.88. The van der Waals surface area contributed by atoms with Crippen molar-refractivity contribution in [3.63, 3.8) is 0 Å². The van der Waals surface area contributed by atoms with Crippen LogP contribution in [0.2, 0.25) is 0 Å². The Morgan fingerprint density at radius 1 is 1.38 bits per heavy atom. The lowest BCUT2D eigenvalue weighted by Gasteiger charge is -2.29. The molecule has 0 aromatic heterocycles. The van der Waals surface area contributed by atoms with Crippen molar-refractivity contribution in [2.75, 3.05) is 31.2 Å². The average molecular weight is 334 g/mol. The highest BCUT2D eigenvalue weighted by molar-refractivity contribution is 6.02. The molecule has 1 aromatic carbocycles. The zero-order valence-corrected chi connectivity index (χ0v) is 13.0. The third-order valence-electron chi connectivity index (χ3n) is 4.00. The number of fused-ring (bicyclic) bond motifs is 1. The van der Waals surface area contributed by atoms with Crippen molar-refractivity contribution in [2.45, 2.75) is 18.9 Å². The van der Waals surface area contributed by atoms with Crippen LogP contribution in [0.1, 0.15) is 23.2 Å². The Balaban J connectivity index is 1.67. The number of carbonyl (C=O) groups excluding carboxylic acids is 2. The third kappa shape index (κ3) is 3.48. The van der Waals surface area contributed by atoms with Crippen molar-refractivity contribution in [2.24, 2.45) is 0 Å². The number of ether oxygens (including phenoxy) is 2. The predicted molar refractivity (Wildman–Crippen MR) is 83.2 cm³/mol. The summed E-state index contributed by atoms with van der Waals surface area (Å²) in [6, 6.07) is 4.20. The Hall–Kier alpha value is -2.61. The summed E-state index contributed by atoms with van der Waals surface area (Å²) in [5.74, 6) is -1.45. The fourth-order valence-electron chi connectivity index (χ4n) is 2.74. The second-order valence-corrected chi connectivity index (χ2v) is 5.70. The van der Waals surface area contributed by atoms with Gasteiger partial charge >= 0.3 is 5.97 Å². The van der Waals surface area contributed by atoms with Crippen molar-refractivity contribution >= 4 is 23.5 Å². The Labute approximate surface area is 138 Å². The Bertz CT molecular complexity index is 669. The van der Waals surface area contributed by atoms with Gasteiger partial charge in [0.1, 0.15) is 12.3 Å². The molecule has 24 heavy (non-hydrogen) atoms. The normalized spacial score (nSPS) is 19.6. The van der Waals surface area contributed by atoms with Gasteiger partial charge in [0.2, 0.25) is 5.91 Å². The summed E-state index contributed by atoms with van der Waals surface area (Å²) in [6.45, 7) is 0.757. The molecular formula is C16H18N2O6. The lowest BCUT2D eigenvalue weighted by Crippen LogP contribution is -2.46. The first-order valence-electron chi connectivity index (χ1n) is 7.73. The van der Waals surface area contributed by atoms with Crippen molar-refractivity contribution in [3.05, 3.63) is 23.8 Å². The van der Waals surface area contributed by atoms with Gasteiger partial charge in [-0.15, -0.1) is 0 Å². The number of nitrogens with zero attached hydrogens (tertiary/aromatic N) is 1. The van der Waals surface area contributed by atoms with Crippen LogP contribution in [0.4, 0.5) is 5.69 Å². The molecule has 1 aromatic rings. The van der Waals surface area contributed by atoms with E-state index in [1.807, 2.05) is 0 Å². The molecule has 2 heterocycles. The topological polar surface area (TPSA) is 105 Å². The maximum absolute atomic E-state index is 12.1. The highest BCUT2D eigenvalue weighted by Gasteiger charge is 2.28. The molecular weight excluding hydrogens is 316 g/mol. The van der Waals surface area contributed by atoms with Gasteiger partial charge in [-0.25, -0.2) is 4.79 Å². The van der Waals surface area contributed by atoms with Crippen LogP contribution >= 0.6 is 0 Å². The number of carboxylic acids is 1. The van der Waals surface area contributed by atoms with Crippen LogP contribution in [0.3, 0.4) is 0 Å². The van der Waals surface area contributed by atoms with Gasteiger partial charge in [-0.1, -0.05) is 0 Å². The molecule has 0 bridgehead atoms. The molecule has 0 aliphatic carbocycles. The molecule has 2 amide bonds. The van der Waals surface area contributed by atoms with Gasteiger partial charge in [-0.3, -0.25) is 14.5 Å². The summed E-state index contributed by atoms with van der Waals surface area (Å²) in [4.78, 5) is 36.5. The molecule has 1 saturated heterocycles. The Kier molecular flexibility index (Phi) is 4.66. The van der Waals surface area contributed by atoms with Gasteiger partial charge in [0.15, 0.2) is 6.61 Å². The molecule has 0 radical (unpaired) electrons. The largest absolute Gasteiger partial charge is 0.482 e. The second-order valence-electron chi connectivity index (χ2n) is 5.70. The number of anilines is 1. The van der Waals surface area contributed by atoms with E-state index in [1.54, 1.807) is 0 Å². The van der Waals surface area contributed by atoms with Crippen molar-refractivity contribution in [1.29, 1.82) is 0 Å². The molecule has 3 rings (SSSR count). The summed E-state index contributed by atoms with van der Waals surface area (Å²) < 4.78 is 10.7. The van der Waals surface area contributed by atoms with Crippen molar-refractivity contribution in [1.82, 2.24) is 5.32 Å². The van der Waals surface area contributed by atoms with Crippen LogP contribution in [0.25, 0.3) is 0 Å². The van der Waals surface area contributed by atoms with Gasteiger partial charge < -0.3 is 19.9 Å². The average Bonchev–Trinajstić information content (AvgIpc) is 3.08. The molecule has 1 fully saturated rings. The molecule has 2 aliphatic rings. The molecule has 128 valence electrons. The van der Waals surface area contributed by atoms with Gasteiger partial charge in [-0.2, -0.15) is 0 Å². The number of amides is 2. The molecule has 2 aliphatic heterocycles. The van der Waals surface area contributed by atoms with Gasteiger partial charge in [0.05, 0.1) is 17.4 Å². The molecule has 8 nitrogen and oxygen atoms in total. The van der Waals surface area contributed by atoms with E-state index in [0.717, 1.165) is 12.8 Å². The van der Waals surface area contributed by atoms with E-state index in [0.29, 0.717) is 18.8 Å². The predicted octanol–water partition coefficient (Wildman–Crippen LogP) is 0.405. The highest BCUT2D eigenvalue weighted by atomic mass is 16.5. The summed E-state index contributed by atoms with van der Waals surface area (Å²) in [7, 11) is 0. The molecule has 1 atom stereocenters. The number of aromatic carboxylic acids is 1. The fraction of sp³-hybridized carbons (Fsp3) is 0.438. The minimum absolute atomic E-state index is 0.0275. The van der Waals surface area contributed by atoms with E-state index in [9.17, 15) is 14.4 Å². The summed E-state index contributed by atoms with van der Waals surface area (Å²) in [5.41, 5.74) is 0.453. The number of carboxylic acid groups (broad SMARTS) is 1. The number of rotatable bonds is 5. The Morgan fingerprint density at radius 3 is 2.92 bits per heavy atom. The number of carbonyl (C=O) groups is 3. The maximum Gasteiger partial charge on any atom is 0.335 e. The van der Waals surface area contributed by atoms with E-state index in [-0.39, 0.29) is 42.4 Å². The van der Waals surface area contributed by atoms with Gasteiger partial charge in [0, 0.05) is 13.2 Å². The molecule has 2 N–H and O–H groups in total. The lowest BCUT2D eigenvalue weighted by molar-refractivity contribution is -0.125. The summed E-state index contributed by atoms with van der Waals surface area (Å²) in [5, 5.41) is 11.8. The van der Waals surface area contributed by atoms with E-state index in [4.69, 9.17) is 14.6 Å². The van der Waals surface area contributed by atoms with Crippen LogP contribution in [-0.2, 0) is 14.3 Å². The monoisotopic (exact) mass is 334 g/mol. The zero-order chi connectivity index (χ0) is 17.1. The van der Waals surface area contributed by atoms with Crippen LogP contribution in [-0.4, -0.2) is 55.3 Å². The van der Waals surface area contributed by atoms with E-state index in [1.165, 1.54) is 23.1 Å². The smallest absolute Gasteiger partial charge is 0.335 e. The quantitative estimate of drug-likeness (QED) is 0.808. The Morgan fingerprint density at radius 2 is 2.21 bits per heavy atom. The molecule has 0 spiro atoms. The van der Waals surface area contributed by atoms with Crippen molar-refractivity contribution < 1.29 is 29.0 Å². The van der Waals surface area contributed by atoms with Gasteiger partial charge in [0.25, 0.3) is 5.91 Å². The standard InChI is InChI=1S/C16H18N2O6/c19-14(17-7-11-2-1-5-23-11)8-18-12-4-3-10(16(21)22)6-13(12)24-9-15(18)20/h3-4,6,11H,1-2,5,7-9H2,(H,17,19)(H,21,22)/t11-/m1/s1. The minimum Gasteiger partial charge on any atom is -0.482 e. The van der Waals surface area contributed by atoms with Crippen LogP contribution in [0, 0.1) is 0 Å². The summed E-state index contributed by atoms with van der Waals surface area (Å²) >= 11 is 0. The number of benzene rings is 1. The van der Waals surface area contributed by atoms with Crippen LogP contribution < -0.4 is 15.0 Å². The van der Waals surface area contributed by atoms with E-state index in [2.05, 4.69) is 5.32 Å².